The summed E-state index contributed by atoms with van der Waals surface area (Å²) in [5, 5.41) is 0. The van der Waals surface area contributed by atoms with Crippen LogP contribution in [0.5, 0.6) is 0 Å². The van der Waals surface area contributed by atoms with E-state index in [9.17, 15) is 0 Å². The van der Waals surface area contributed by atoms with Crippen LogP contribution in [0.4, 0.5) is 0 Å². The first-order valence-electron chi connectivity index (χ1n) is 2.15. The number of hydrogen-bond acceptors (Lipinski definition) is 0. The normalized spacial score (nSPS) is 30.0. The molecule has 0 saturated heterocycles. The van der Waals surface area contributed by atoms with Crippen LogP contribution in [0.2, 0.25) is 0 Å². The van der Waals surface area contributed by atoms with E-state index in [-0.39, 0.29) is 0 Å². The minimum absolute atomic E-state index is 0.671. The topological polar surface area (TPSA) is 0 Å². The molecule has 6 heavy (non-hydrogen) atoms. The van der Waals surface area contributed by atoms with Gasteiger partial charge in [0, 0.05) is 5.92 Å². The fourth-order valence-electron chi connectivity index (χ4n) is 0.474. The smallest absolute Gasteiger partial charge is 0.000899 e. The molecule has 0 heteroatoms. The summed E-state index contributed by atoms with van der Waals surface area (Å²) in [5.41, 5.74) is 1.34. The highest BCUT2D eigenvalue weighted by Crippen LogP contribution is 2.35. The second kappa shape index (κ2) is 0.970. The van der Waals surface area contributed by atoms with Crippen LogP contribution in [-0.4, -0.2) is 0 Å². The van der Waals surface area contributed by atoms with Gasteiger partial charge in [0.2, 0.25) is 0 Å². The van der Waals surface area contributed by atoms with Gasteiger partial charge in [0.05, 0.1) is 0 Å². The first-order valence-corrected chi connectivity index (χ1v) is 2.15. The van der Waals surface area contributed by atoms with E-state index in [1.807, 2.05) is 6.08 Å². The summed E-state index contributed by atoms with van der Waals surface area (Å²) in [7, 11) is 0. The zero-order valence-corrected chi connectivity index (χ0v) is 3.78. The minimum Gasteiger partial charge on any atom is -0.102 e. The summed E-state index contributed by atoms with van der Waals surface area (Å²) in [6.45, 7) is 7.36. The van der Waals surface area contributed by atoms with Crippen LogP contribution in [0.25, 0.3) is 0 Å². The Kier molecular flexibility index (Phi) is 0.592. The fraction of sp³-hybridized carbons (Fsp3) is 0.333. The third-order valence-corrected chi connectivity index (χ3v) is 1.13. The van der Waals surface area contributed by atoms with Gasteiger partial charge in [-0.15, -0.1) is 6.58 Å². The van der Waals surface area contributed by atoms with Crippen molar-refractivity contribution in [2.24, 2.45) is 5.92 Å². The van der Waals surface area contributed by atoms with E-state index in [0.717, 1.165) is 0 Å². The fourth-order valence-corrected chi connectivity index (χ4v) is 0.474. The summed E-state index contributed by atoms with van der Waals surface area (Å²) in [6, 6.07) is 0. The van der Waals surface area contributed by atoms with Crippen molar-refractivity contribution in [1.82, 2.24) is 0 Å². The molecule has 0 aliphatic heterocycles. The summed E-state index contributed by atoms with van der Waals surface area (Å²) < 4.78 is 0. The van der Waals surface area contributed by atoms with Crippen molar-refractivity contribution in [2.45, 2.75) is 6.42 Å². The van der Waals surface area contributed by atoms with Gasteiger partial charge >= 0.3 is 0 Å². The highest BCUT2D eigenvalue weighted by atomic mass is 14.3. The van der Waals surface area contributed by atoms with E-state index >= 15 is 0 Å². The quantitative estimate of drug-likeness (QED) is 0.421. The molecule has 0 aromatic carbocycles. The van der Waals surface area contributed by atoms with Gasteiger partial charge in [0.25, 0.3) is 0 Å². The van der Waals surface area contributed by atoms with Crippen LogP contribution in [-0.2, 0) is 0 Å². The molecule has 0 aromatic rings. The maximum absolute atomic E-state index is 3.75. The number of allylic oxidation sites excluding steroid dienone is 2. The molecule has 0 heterocycles. The number of hydrogen-bond donors (Lipinski definition) is 0. The Bertz CT molecular complexity index is 90.2. The molecular weight excluding hydrogens is 72.1 g/mol. The maximum atomic E-state index is 3.75. The largest absolute Gasteiger partial charge is 0.102 e. The monoisotopic (exact) mass is 80.1 g/mol. The Morgan fingerprint density at radius 1 is 1.83 bits per heavy atom. The van der Waals surface area contributed by atoms with Crippen LogP contribution >= 0.6 is 0 Å². The van der Waals surface area contributed by atoms with Crippen molar-refractivity contribution in [2.75, 3.05) is 0 Å². The van der Waals surface area contributed by atoms with E-state index in [0.29, 0.717) is 5.92 Å². The Hall–Kier alpha value is -0.520. The van der Waals surface area contributed by atoms with Gasteiger partial charge in [-0.1, -0.05) is 18.2 Å². The summed E-state index contributed by atoms with van der Waals surface area (Å²) in [6.07, 6.45) is 3.13. The zero-order chi connectivity index (χ0) is 4.57. The molecule has 0 spiro atoms. The maximum Gasteiger partial charge on any atom is 0.000899 e. The molecule has 1 aliphatic rings. The van der Waals surface area contributed by atoms with Gasteiger partial charge in [0.15, 0.2) is 0 Å². The molecular formula is C6H8. The Labute approximate surface area is 38.2 Å². The molecule has 1 atom stereocenters. The van der Waals surface area contributed by atoms with Gasteiger partial charge in [0.1, 0.15) is 0 Å². The summed E-state index contributed by atoms with van der Waals surface area (Å²) in [4.78, 5) is 0. The van der Waals surface area contributed by atoms with Crippen LogP contribution in [0, 0.1) is 5.92 Å². The lowest BCUT2D eigenvalue weighted by molar-refractivity contribution is 1.17. The molecule has 0 N–H and O–H groups in total. The predicted octanol–water partition coefficient (Wildman–Crippen LogP) is 1.75. The first kappa shape index (κ1) is 3.66. The van der Waals surface area contributed by atoms with E-state index in [1.165, 1.54) is 12.0 Å². The minimum atomic E-state index is 0.671. The van der Waals surface area contributed by atoms with E-state index in [1.54, 1.807) is 0 Å². The van der Waals surface area contributed by atoms with E-state index in [2.05, 4.69) is 13.2 Å². The van der Waals surface area contributed by atoms with Crippen molar-refractivity contribution in [3.05, 3.63) is 24.8 Å². The first-order chi connectivity index (χ1) is 2.84. The molecule has 0 nitrogen and oxygen atoms in total. The second-order valence-electron chi connectivity index (χ2n) is 1.70. The zero-order valence-electron chi connectivity index (χ0n) is 3.78. The predicted molar refractivity (Wildman–Crippen MR) is 27.4 cm³/mol. The third-order valence-electron chi connectivity index (χ3n) is 1.13. The molecule has 32 valence electrons. The standard InChI is InChI=1S/C6H8/c1-3-6-4-5(6)2/h3,6H,1-2,4H2. The molecule has 1 aliphatic carbocycles. The average Bonchev–Trinajstić information content (AvgIpc) is 2.19. The van der Waals surface area contributed by atoms with Crippen molar-refractivity contribution in [3.8, 4) is 0 Å². The Morgan fingerprint density at radius 3 is 2.33 bits per heavy atom. The Morgan fingerprint density at radius 2 is 2.33 bits per heavy atom. The van der Waals surface area contributed by atoms with Gasteiger partial charge in [-0.05, 0) is 6.42 Å². The number of rotatable bonds is 1. The molecule has 0 bridgehead atoms. The van der Waals surface area contributed by atoms with Gasteiger partial charge in [-0.2, -0.15) is 0 Å². The lowest BCUT2D eigenvalue weighted by Gasteiger charge is -1.65. The van der Waals surface area contributed by atoms with Gasteiger partial charge < -0.3 is 0 Å². The molecule has 0 aromatic heterocycles. The third kappa shape index (κ3) is 0.383. The summed E-state index contributed by atoms with van der Waals surface area (Å²) >= 11 is 0. The molecule has 0 amide bonds. The van der Waals surface area contributed by atoms with E-state index in [4.69, 9.17) is 0 Å². The van der Waals surface area contributed by atoms with Crippen LogP contribution in [0.15, 0.2) is 24.8 Å². The van der Waals surface area contributed by atoms with Crippen molar-refractivity contribution in [3.63, 3.8) is 0 Å². The highest BCUT2D eigenvalue weighted by molar-refractivity contribution is 5.24. The highest BCUT2D eigenvalue weighted by Gasteiger charge is 2.22. The van der Waals surface area contributed by atoms with Crippen molar-refractivity contribution >= 4 is 0 Å². The van der Waals surface area contributed by atoms with Crippen LogP contribution in [0.3, 0.4) is 0 Å². The molecule has 0 radical (unpaired) electrons. The van der Waals surface area contributed by atoms with Crippen molar-refractivity contribution in [1.29, 1.82) is 0 Å². The van der Waals surface area contributed by atoms with E-state index < -0.39 is 0 Å². The summed E-state index contributed by atoms with van der Waals surface area (Å²) in [5.74, 6) is 0.671. The molecule has 1 saturated carbocycles. The van der Waals surface area contributed by atoms with Gasteiger partial charge in [-0.3, -0.25) is 0 Å². The Balaban J connectivity index is 2.44. The lowest BCUT2D eigenvalue weighted by atomic mass is 10.4. The van der Waals surface area contributed by atoms with Crippen LogP contribution in [0.1, 0.15) is 6.42 Å². The molecule has 1 fully saturated rings. The van der Waals surface area contributed by atoms with Crippen molar-refractivity contribution < 1.29 is 0 Å². The average molecular weight is 80.1 g/mol. The second-order valence-corrected chi connectivity index (χ2v) is 1.70. The SMILES string of the molecule is C=CC1CC1=C. The molecule has 1 rings (SSSR count). The lowest BCUT2D eigenvalue weighted by Crippen LogP contribution is -1.53. The van der Waals surface area contributed by atoms with Crippen LogP contribution < -0.4 is 0 Å². The van der Waals surface area contributed by atoms with Gasteiger partial charge in [-0.25, -0.2) is 0 Å². The molecule has 1 unspecified atom stereocenters.